The number of rotatable bonds is 16. The molecule has 3 aromatic carbocycles. The summed E-state index contributed by atoms with van der Waals surface area (Å²) < 4.78 is 23.1. The van der Waals surface area contributed by atoms with Crippen molar-refractivity contribution in [3.8, 4) is 0 Å². The van der Waals surface area contributed by atoms with Gasteiger partial charge in [-0.2, -0.15) is 5.10 Å². The Bertz CT molecular complexity index is 1630. The standard InChI is InChI=1S/C32H37ClN7O6P/c1-3-45-47(44,46-4-2)19-18-34-31(42)24-10-14-27(15-11-24)36-32(43)28(20-23-8-6-5-7-9-23)37-30(41)17-12-25-21-26(33)13-16-29(25)40-22-35-38-39-40/h5-17,21-22,28,38-39H,3-4,18-20H2,1-2H3,(H,34,42)(H,36,43)(H,37,41)/b17-12+/t28-/m0/s1. The average Bonchev–Trinajstić information content (AvgIpc) is 3.59. The number of amides is 3. The fourth-order valence-electron chi connectivity index (χ4n) is 4.55. The molecule has 5 N–H and O–H groups in total. The summed E-state index contributed by atoms with van der Waals surface area (Å²) in [5.74, 6) is -1.31. The first kappa shape index (κ1) is 35.3. The van der Waals surface area contributed by atoms with Gasteiger partial charge < -0.3 is 25.0 Å². The minimum Gasteiger partial charge on any atom is -0.351 e. The van der Waals surface area contributed by atoms with E-state index in [1.165, 1.54) is 12.4 Å². The molecule has 1 aliphatic heterocycles. The van der Waals surface area contributed by atoms with Crippen LogP contribution in [0.2, 0.25) is 5.02 Å². The number of anilines is 2. The van der Waals surface area contributed by atoms with Crippen LogP contribution >= 0.6 is 19.2 Å². The molecule has 0 radical (unpaired) electrons. The fraction of sp³-hybridized carbons (Fsp3) is 0.250. The first-order valence-corrected chi connectivity index (χ1v) is 17.0. The molecule has 1 heterocycles. The molecule has 0 spiro atoms. The molecule has 1 aliphatic rings. The highest BCUT2D eigenvalue weighted by atomic mass is 35.5. The topological polar surface area (TPSA) is 162 Å². The number of carbonyl (C=O) groups excluding carboxylic acids is 3. The Labute approximate surface area is 278 Å². The van der Waals surface area contributed by atoms with Gasteiger partial charge in [-0.1, -0.05) is 41.9 Å². The molecule has 3 amide bonds. The highest BCUT2D eigenvalue weighted by Gasteiger charge is 2.24. The van der Waals surface area contributed by atoms with Crippen LogP contribution in [-0.2, 0) is 29.6 Å². The smallest absolute Gasteiger partial charge is 0.332 e. The molecule has 248 valence electrons. The minimum absolute atomic E-state index is 0.0421. The molecule has 4 rings (SSSR count). The molecule has 0 aromatic heterocycles. The van der Waals surface area contributed by atoms with E-state index < -0.39 is 25.5 Å². The first-order chi connectivity index (χ1) is 22.7. The van der Waals surface area contributed by atoms with Gasteiger partial charge in [0.1, 0.15) is 12.4 Å². The van der Waals surface area contributed by atoms with Crippen LogP contribution in [0.5, 0.6) is 0 Å². The van der Waals surface area contributed by atoms with Crippen LogP contribution < -0.4 is 32.0 Å². The molecular weight excluding hydrogens is 645 g/mol. The summed E-state index contributed by atoms with van der Waals surface area (Å²) in [5.41, 5.74) is 8.42. The average molecular weight is 682 g/mol. The van der Waals surface area contributed by atoms with E-state index in [-0.39, 0.29) is 38.2 Å². The number of carbonyl (C=O) groups is 3. The van der Waals surface area contributed by atoms with Crippen molar-refractivity contribution in [3.63, 3.8) is 0 Å². The molecule has 0 saturated carbocycles. The summed E-state index contributed by atoms with van der Waals surface area (Å²) in [5, 5.41) is 14.3. The number of hydrogen-bond donors (Lipinski definition) is 5. The zero-order valence-corrected chi connectivity index (χ0v) is 27.6. The van der Waals surface area contributed by atoms with Crippen molar-refractivity contribution in [2.45, 2.75) is 26.3 Å². The van der Waals surface area contributed by atoms with Crippen molar-refractivity contribution in [2.24, 2.45) is 5.10 Å². The van der Waals surface area contributed by atoms with Gasteiger partial charge in [-0.25, -0.2) is 10.5 Å². The Morgan fingerprint density at radius 1 is 1.02 bits per heavy atom. The molecule has 0 saturated heterocycles. The summed E-state index contributed by atoms with van der Waals surface area (Å²) in [6.45, 7) is 4.02. The lowest BCUT2D eigenvalue weighted by Crippen LogP contribution is -2.44. The van der Waals surface area contributed by atoms with Gasteiger partial charge in [0.05, 0.1) is 25.1 Å². The predicted octanol–water partition coefficient (Wildman–Crippen LogP) is 4.49. The van der Waals surface area contributed by atoms with E-state index in [9.17, 15) is 18.9 Å². The number of nitrogens with zero attached hydrogens (tertiary/aromatic N) is 2. The normalized spacial score (nSPS) is 13.3. The zero-order valence-electron chi connectivity index (χ0n) is 25.9. The highest BCUT2D eigenvalue weighted by molar-refractivity contribution is 7.53. The number of halogens is 1. The number of benzene rings is 3. The van der Waals surface area contributed by atoms with E-state index in [0.29, 0.717) is 27.5 Å². The van der Waals surface area contributed by atoms with Crippen LogP contribution in [0.4, 0.5) is 11.4 Å². The maximum absolute atomic E-state index is 13.4. The van der Waals surface area contributed by atoms with Crippen LogP contribution in [0.15, 0.2) is 84.0 Å². The van der Waals surface area contributed by atoms with Crippen molar-refractivity contribution >= 4 is 60.7 Å². The zero-order chi connectivity index (χ0) is 33.6. The van der Waals surface area contributed by atoms with E-state index in [0.717, 1.165) is 5.56 Å². The summed E-state index contributed by atoms with van der Waals surface area (Å²) in [6.07, 6.45) is 4.74. The van der Waals surface area contributed by atoms with Gasteiger partial charge in [-0.15, -0.1) is 5.53 Å². The molecule has 15 heteroatoms. The molecule has 0 unspecified atom stereocenters. The van der Waals surface area contributed by atoms with Gasteiger partial charge in [0.25, 0.3) is 5.91 Å². The molecule has 13 nitrogen and oxygen atoms in total. The van der Waals surface area contributed by atoms with Gasteiger partial charge in [0.15, 0.2) is 0 Å². The van der Waals surface area contributed by atoms with Crippen molar-refractivity contribution < 1.29 is 28.0 Å². The van der Waals surface area contributed by atoms with Crippen LogP contribution in [-0.4, -0.2) is 56.0 Å². The third-order valence-corrected chi connectivity index (χ3v) is 9.03. The summed E-state index contributed by atoms with van der Waals surface area (Å²) in [7, 11) is -3.28. The van der Waals surface area contributed by atoms with Gasteiger partial charge >= 0.3 is 7.60 Å². The molecule has 3 aromatic rings. The van der Waals surface area contributed by atoms with Crippen molar-refractivity contribution in [3.05, 3.63) is 101 Å². The van der Waals surface area contributed by atoms with Crippen molar-refractivity contribution in [1.29, 1.82) is 0 Å². The van der Waals surface area contributed by atoms with Gasteiger partial charge in [0, 0.05) is 40.9 Å². The van der Waals surface area contributed by atoms with E-state index in [1.54, 1.807) is 67.4 Å². The Morgan fingerprint density at radius 2 is 1.74 bits per heavy atom. The fourth-order valence-corrected chi connectivity index (χ4v) is 6.23. The minimum atomic E-state index is -3.28. The highest BCUT2D eigenvalue weighted by Crippen LogP contribution is 2.47. The Kier molecular flexibility index (Phi) is 13.1. The molecule has 0 fully saturated rings. The van der Waals surface area contributed by atoms with Crippen LogP contribution in [0.3, 0.4) is 0 Å². The van der Waals surface area contributed by atoms with E-state index >= 15 is 0 Å². The second-order valence-corrected chi connectivity index (χ2v) is 12.7. The quantitative estimate of drug-likeness (QED) is 0.108. The number of hydrogen-bond acceptors (Lipinski definition) is 10. The summed E-state index contributed by atoms with van der Waals surface area (Å²) in [4.78, 5) is 39.1. The molecular formula is C32H37ClN7O6P. The number of hydrazone groups is 1. The predicted molar refractivity (Wildman–Crippen MR) is 183 cm³/mol. The van der Waals surface area contributed by atoms with Crippen LogP contribution in [0.25, 0.3) is 6.08 Å². The number of nitrogens with one attached hydrogen (secondary N) is 5. The Balaban J connectivity index is 1.40. The molecule has 1 atom stereocenters. The lowest BCUT2D eigenvalue weighted by atomic mass is 10.0. The van der Waals surface area contributed by atoms with Gasteiger partial charge in [0.2, 0.25) is 11.8 Å². The molecule has 47 heavy (non-hydrogen) atoms. The van der Waals surface area contributed by atoms with Gasteiger partial charge in [-0.05, 0) is 68.0 Å². The number of hydrazine groups is 2. The third-order valence-electron chi connectivity index (χ3n) is 6.72. The summed E-state index contributed by atoms with van der Waals surface area (Å²) in [6, 6.07) is 19.9. The van der Waals surface area contributed by atoms with Crippen LogP contribution in [0, 0.1) is 0 Å². The van der Waals surface area contributed by atoms with Crippen molar-refractivity contribution in [2.75, 3.05) is 36.2 Å². The SMILES string of the molecule is CCOP(=O)(CCNC(=O)c1ccc(NC(=O)[C@H](Cc2ccccc2)NC(=O)/C=C/c2cc(Cl)ccc2N2C=NNN2)cc1)OCC. The van der Waals surface area contributed by atoms with Crippen LogP contribution in [0.1, 0.15) is 35.3 Å². The first-order valence-electron chi connectivity index (χ1n) is 14.9. The summed E-state index contributed by atoms with van der Waals surface area (Å²) >= 11 is 6.20. The Hall–Kier alpha value is -4.52. The second kappa shape index (κ2) is 17.4. The monoisotopic (exact) mass is 681 g/mol. The third kappa shape index (κ3) is 10.8. The van der Waals surface area contributed by atoms with E-state index in [4.69, 9.17) is 20.6 Å². The van der Waals surface area contributed by atoms with E-state index in [1.807, 2.05) is 30.3 Å². The lowest BCUT2D eigenvalue weighted by molar-refractivity contribution is -0.123. The molecule has 0 bridgehead atoms. The van der Waals surface area contributed by atoms with E-state index in [2.05, 4.69) is 32.1 Å². The Morgan fingerprint density at radius 3 is 2.40 bits per heavy atom. The lowest BCUT2D eigenvalue weighted by Gasteiger charge is -2.19. The van der Waals surface area contributed by atoms with Gasteiger partial charge in [-0.3, -0.25) is 18.9 Å². The maximum Gasteiger partial charge on any atom is 0.332 e. The largest absolute Gasteiger partial charge is 0.351 e. The second-order valence-electron chi connectivity index (χ2n) is 10.1. The maximum atomic E-state index is 13.4. The molecule has 0 aliphatic carbocycles. The van der Waals surface area contributed by atoms with Crippen molar-refractivity contribution in [1.82, 2.24) is 21.7 Å².